The van der Waals surface area contributed by atoms with E-state index < -0.39 is 47.3 Å². The molecule has 0 saturated carbocycles. The summed E-state index contributed by atoms with van der Waals surface area (Å²) in [5.74, 6) is 0. The van der Waals surface area contributed by atoms with Crippen LogP contribution >= 0.6 is 0 Å². The van der Waals surface area contributed by atoms with Gasteiger partial charge in [-0.25, -0.2) is 0 Å². The Balaban J connectivity index is 1.64. The van der Waals surface area contributed by atoms with E-state index >= 15 is 0 Å². The normalized spacial score (nSPS) is 22.6. The number of benzene rings is 4. The van der Waals surface area contributed by atoms with Crippen LogP contribution in [0.1, 0.15) is 41.5 Å². The van der Waals surface area contributed by atoms with Crippen LogP contribution in [0.3, 0.4) is 0 Å². The molecule has 0 amide bonds. The van der Waals surface area contributed by atoms with E-state index in [1.807, 2.05) is 48.5 Å². The van der Waals surface area contributed by atoms with E-state index in [0.717, 1.165) is 20.7 Å². The van der Waals surface area contributed by atoms with Crippen LogP contribution in [-0.2, 0) is 18.3 Å². The van der Waals surface area contributed by atoms with Gasteiger partial charge in [-0.15, -0.1) is 0 Å². The van der Waals surface area contributed by atoms with Gasteiger partial charge in [-0.1, -0.05) is 163 Å². The number of rotatable bonds is 10. The smallest absolute Gasteiger partial charge is 0.261 e. The van der Waals surface area contributed by atoms with Crippen LogP contribution < -0.4 is 20.7 Å². The molecule has 0 radical (unpaired) electrons. The number of hydrogen-bond acceptors (Lipinski definition) is 6. The van der Waals surface area contributed by atoms with E-state index in [4.69, 9.17) is 18.3 Å². The van der Waals surface area contributed by atoms with Crippen molar-refractivity contribution < 1.29 is 28.5 Å². The Kier molecular flexibility index (Phi) is 10.7. The minimum Gasteiger partial charge on any atom is -0.405 e. The molecule has 1 heterocycles. The highest BCUT2D eigenvalue weighted by atomic mass is 28.4. The standard InChI is InChI=1S/C39H50O6Si2/c1-38(2,3)46(29-20-12-8-13-21-29,30-22-14-9-15-23-30)43-28-33-36(34(40)35(41)37(42-7)44-33)45-47(39(4,5)6,31-24-16-10-17-25-31)32-26-18-11-19-27-32/h8-27,33-37,40-41H,28H2,1-7H3/t33-,34-,35-,36+,37+/m1/s1. The van der Waals surface area contributed by atoms with Crippen LogP contribution in [0.15, 0.2) is 121 Å². The first-order chi connectivity index (χ1) is 22.4. The summed E-state index contributed by atoms with van der Waals surface area (Å²) < 4.78 is 26.8. The van der Waals surface area contributed by atoms with Gasteiger partial charge in [-0.2, -0.15) is 0 Å². The quantitative estimate of drug-likeness (QED) is 0.240. The summed E-state index contributed by atoms with van der Waals surface area (Å²) in [6.45, 7) is 13.4. The fraction of sp³-hybridized carbons (Fsp3) is 0.385. The predicted octanol–water partition coefficient (Wildman–Crippen LogP) is 4.60. The average molecular weight is 671 g/mol. The highest BCUT2D eigenvalue weighted by Gasteiger charge is 2.57. The van der Waals surface area contributed by atoms with Crippen LogP contribution in [-0.4, -0.2) is 71.3 Å². The Labute approximate surface area is 282 Å². The van der Waals surface area contributed by atoms with Gasteiger partial charge < -0.3 is 28.5 Å². The second kappa shape index (κ2) is 14.3. The summed E-state index contributed by atoms with van der Waals surface area (Å²) in [5, 5.41) is 27.0. The molecule has 1 aliphatic rings. The van der Waals surface area contributed by atoms with E-state index in [0.29, 0.717) is 0 Å². The minimum absolute atomic E-state index is 0.125. The lowest BCUT2D eigenvalue weighted by atomic mass is 9.99. The molecule has 8 heteroatoms. The average Bonchev–Trinajstić information content (AvgIpc) is 3.07. The minimum atomic E-state index is -3.16. The van der Waals surface area contributed by atoms with Crippen molar-refractivity contribution in [2.45, 2.75) is 82.3 Å². The zero-order chi connectivity index (χ0) is 33.9. The molecular weight excluding hydrogens is 621 g/mol. The second-order valence-electron chi connectivity index (χ2n) is 14.5. The molecule has 5 rings (SSSR count). The van der Waals surface area contributed by atoms with Crippen LogP contribution in [0.2, 0.25) is 10.1 Å². The third-order valence-corrected chi connectivity index (χ3v) is 19.5. The zero-order valence-electron chi connectivity index (χ0n) is 28.7. The van der Waals surface area contributed by atoms with Crippen molar-refractivity contribution in [3.05, 3.63) is 121 Å². The van der Waals surface area contributed by atoms with Gasteiger partial charge in [0.15, 0.2) is 6.29 Å². The van der Waals surface area contributed by atoms with Gasteiger partial charge in [0.1, 0.15) is 24.4 Å². The van der Waals surface area contributed by atoms with E-state index in [9.17, 15) is 10.2 Å². The lowest BCUT2D eigenvalue weighted by molar-refractivity contribution is -0.290. The molecule has 0 bridgehead atoms. The highest BCUT2D eigenvalue weighted by molar-refractivity contribution is 7.00. The van der Waals surface area contributed by atoms with Crippen molar-refractivity contribution in [1.82, 2.24) is 0 Å². The zero-order valence-corrected chi connectivity index (χ0v) is 30.7. The number of aliphatic hydroxyl groups is 2. The first-order valence-corrected chi connectivity index (χ1v) is 20.3. The SMILES string of the molecule is CO[C@H]1O[C@H](CO[Si](c2ccccc2)(c2ccccc2)C(C)(C)C)[C@H](O[Si](c2ccccc2)(c2ccccc2)C(C)(C)C)[C@H](O)[C@H]1O. The van der Waals surface area contributed by atoms with Crippen molar-refractivity contribution >= 4 is 37.4 Å². The summed E-state index contributed by atoms with van der Waals surface area (Å²) in [6, 6.07) is 41.5. The number of methoxy groups -OCH3 is 1. The summed E-state index contributed by atoms with van der Waals surface area (Å²) in [7, 11) is -4.65. The molecule has 1 saturated heterocycles. The van der Waals surface area contributed by atoms with Crippen molar-refractivity contribution in [3.8, 4) is 0 Å². The van der Waals surface area contributed by atoms with Gasteiger partial charge in [0.05, 0.1) is 6.61 Å². The van der Waals surface area contributed by atoms with E-state index in [1.165, 1.54) is 7.11 Å². The third kappa shape index (κ3) is 6.71. The maximum absolute atomic E-state index is 11.9. The molecule has 1 fully saturated rings. The first kappa shape index (κ1) is 35.4. The molecule has 1 aliphatic heterocycles. The van der Waals surface area contributed by atoms with Crippen LogP contribution in [0.4, 0.5) is 0 Å². The molecule has 0 unspecified atom stereocenters. The molecule has 47 heavy (non-hydrogen) atoms. The Morgan fingerprint density at radius 2 is 0.936 bits per heavy atom. The summed E-state index contributed by atoms with van der Waals surface area (Å²) in [6.07, 6.45) is -5.31. The summed E-state index contributed by atoms with van der Waals surface area (Å²) >= 11 is 0. The van der Waals surface area contributed by atoms with Gasteiger partial charge >= 0.3 is 0 Å². The topological polar surface area (TPSA) is 77.4 Å². The predicted molar refractivity (Wildman–Crippen MR) is 194 cm³/mol. The van der Waals surface area contributed by atoms with Gasteiger partial charge in [0.25, 0.3) is 16.6 Å². The molecule has 6 nitrogen and oxygen atoms in total. The fourth-order valence-corrected chi connectivity index (χ4v) is 16.5. The fourth-order valence-electron chi connectivity index (χ4n) is 7.24. The molecule has 2 N–H and O–H groups in total. The molecular formula is C39H50O6Si2. The van der Waals surface area contributed by atoms with E-state index in [1.54, 1.807) is 0 Å². The van der Waals surface area contributed by atoms with Crippen molar-refractivity contribution in [3.63, 3.8) is 0 Å². The number of aliphatic hydroxyl groups excluding tert-OH is 2. The monoisotopic (exact) mass is 670 g/mol. The molecule has 4 aromatic rings. The van der Waals surface area contributed by atoms with Crippen LogP contribution in [0.5, 0.6) is 0 Å². The van der Waals surface area contributed by atoms with Gasteiger partial charge in [-0.05, 0) is 30.8 Å². The Hall–Kier alpha value is -2.93. The molecule has 250 valence electrons. The van der Waals surface area contributed by atoms with Crippen molar-refractivity contribution in [2.75, 3.05) is 13.7 Å². The molecule has 0 spiro atoms. The molecule has 5 atom stereocenters. The first-order valence-electron chi connectivity index (χ1n) is 16.4. The Morgan fingerprint density at radius 1 is 0.574 bits per heavy atom. The van der Waals surface area contributed by atoms with Crippen molar-refractivity contribution in [2.24, 2.45) is 0 Å². The molecule has 4 aromatic carbocycles. The van der Waals surface area contributed by atoms with Gasteiger partial charge in [0.2, 0.25) is 0 Å². The summed E-state index contributed by atoms with van der Waals surface area (Å²) in [4.78, 5) is 0. The largest absolute Gasteiger partial charge is 0.405 e. The van der Waals surface area contributed by atoms with Crippen LogP contribution in [0.25, 0.3) is 0 Å². The second-order valence-corrected chi connectivity index (χ2v) is 23.0. The highest BCUT2D eigenvalue weighted by Crippen LogP contribution is 2.41. The van der Waals surface area contributed by atoms with E-state index in [-0.39, 0.29) is 16.7 Å². The van der Waals surface area contributed by atoms with E-state index in [2.05, 4.69) is 114 Å². The number of ether oxygens (including phenoxy) is 2. The number of hydrogen-bond donors (Lipinski definition) is 2. The molecule has 0 aliphatic carbocycles. The maximum atomic E-state index is 11.9. The Bertz CT molecular complexity index is 1460. The maximum Gasteiger partial charge on any atom is 0.261 e. The lowest BCUT2D eigenvalue weighted by Gasteiger charge is -2.51. The van der Waals surface area contributed by atoms with Crippen LogP contribution in [0, 0.1) is 0 Å². The molecule has 0 aromatic heterocycles. The van der Waals surface area contributed by atoms with Crippen molar-refractivity contribution in [1.29, 1.82) is 0 Å². The third-order valence-electron chi connectivity index (χ3n) is 9.48. The Morgan fingerprint density at radius 3 is 1.28 bits per heavy atom. The summed E-state index contributed by atoms with van der Waals surface area (Å²) in [5.41, 5.74) is 0. The van der Waals surface area contributed by atoms with Gasteiger partial charge in [0, 0.05) is 7.11 Å². The lowest BCUT2D eigenvalue weighted by Crippen LogP contribution is -2.72. The van der Waals surface area contributed by atoms with Gasteiger partial charge in [-0.3, -0.25) is 0 Å².